The largest absolute Gasteiger partial charge is 0.480 e. The Morgan fingerprint density at radius 3 is 2.61 bits per heavy atom. The number of benzene rings is 1. The molecule has 0 bridgehead atoms. The molecule has 150 valence electrons. The minimum Gasteiger partial charge on any atom is -0.480 e. The number of carboxylic acids is 1. The normalized spacial score (nSPS) is 16.0. The fourth-order valence-electron chi connectivity index (χ4n) is 3.53. The summed E-state index contributed by atoms with van der Waals surface area (Å²) >= 11 is 0. The topological polar surface area (TPSA) is 116 Å². The molecule has 0 aliphatic heterocycles. The Balaban J connectivity index is 1.86. The second kappa shape index (κ2) is 8.14. The van der Waals surface area contributed by atoms with Crippen molar-refractivity contribution < 1.29 is 23.1 Å². The van der Waals surface area contributed by atoms with Crippen molar-refractivity contribution in [2.45, 2.75) is 43.0 Å². The first-order valence-corrected chi connectivity index (χ1v) is 10.9. The van der Waals surface area contributed by atoms with Crippen LogP contribution in [0.25, 0.3) is 0 Å². The van der Waals surface area contributed by atoms with Gasteiger partial charge in [0, 0.05) is 12.3 Å². The lowest BCUT2D eigenvalue weighted by molar-refractivity contribution is -0.142. The highest BCUT2D eigenvalue weighted by atomic mass is 32.2. The molecule has 0 radical (unpaired) electrons. The standard InChI is InChI=1S/C19H22N2O6S/c1-28(25,26)17-9-5-4-8-16(17)27-14-11-18(22)21(20-12-14)15(19(23)24)10-13-6-2-3-7-13/h4-5,8-9,11-13,15H,2-3,6-7,10H2,1H3,(H,23,24). The van der Waals surface area contributed by atoms with Crippen LogP contribution in [-0.4, -0.2) is 35.5 Å². The highest BCUT2D eigenvalue weighted by molar-refractivity contribution is 7.90. The zero-order valence-corrected chi connectivity index (χ0v) is 16.3. The van der Waals surface area contributed by atoms with Gasteiger partial charge in [-0.2, -0.15) is 5.10 Å². The van der Waals surface area contributed by atoms with Crippen molar-refractivity contribution in [3.05, 3.63) is 46.9 Å². The highest BCUT2D eigenvalue weighted by Crippen LogP contribution is 2.32. The summed E-state index contributed by atoms with van der Waals surface area (Å²) in [6, 6.07) is 6.15. The van der Waals surface area contributed by atoms with E-state index in [-0.39, 0.29) is 22.3 Å². The number of hydrogen-bond donors (Lipinski definition) is 1. The number of nitrogens with zero attached hydrogens (tertiary/aromatic N) is 2. The molecule has 1 unspecified atom stereocenters. The number of aromatic nitrogens is 2. The maximum absolute atomic E-state index is 12.5. The van der Waals surface area contributed by atoms with Crippen molar-refractivity contribution in [2.75, 3.05) is 6.26 Å². The lowest BCUT2D eigenvalue weighted by atomic mass is 9.98. The smallest absolute Gasteiger partial charge is 0.328 e. The van der Waals surface area contributed by atoms with Crippen molar-refractivity contribution in [1.82, 2.24) is 9.78 Å². The molecule has 1 fully saturated rings. The van der Waals surface area contributed by atoms with Crippen LogP contribution in [0.1, 0.15) is 38.1 Å². The molecule has 1 saturated carbocycles. The molecular formula is C19H22N2O6S. The summed E-state index contributed by atoms with van der Waals surface area (Å²) in [7, 11) is -3.52. The summed E-state index contributed by atoms with van der Waals surface area (Å²) < 4.78 is 30.2. The molecule has 0 saturated heterocycles. The fraction of sp³-hybridized carbons (Fsp3) is 0.421. The molecule has 1 aliphatic carbocycles. The van der Waals surface area contributed by atoms with Crippen LogP contribution in [0.5, 0.6) is 11.5 Å². The summed E-state index contributed by atoms with van der Waals surface area (Å²) in [4.78, 5) is 24.1. The number of hydrogen-bond acceptors (Lipinski definition) is 6. The van der Waals surface area contributed by atoms with E-state index in [4.69, 9.17) is 4.74 Å². The number of carbonyl (C=O) groups is 1. The lowest BCUT2D eigenvalue weighted by Crippen LogP contribution is -2.32. The fourth-order valence-corrected chi connectivity index (χ4v) is 4.33. The van der Waals surface area contributed by atoms with Crippen molar-refractivity contribution in [2.24, 2.45) is 5.92 Å². The van der Waals surface area contributed by atoms with E-state index < -0.39 is 27.4 Å². The van der Waals surface area contributed by atoms with Crippen LogP contribution < -0.4 is 10.3 Å². The number of sulfone groups is 1. The highest BCUT2D eigenvalue weighted by Gasteiger charge is 2.28. The third kappa shape index (κ3) is 4.59. The summed E-state index contributed by atoms with van der Waals surface area (Å²) in [6.07, 6.45) is 6.72. The summed E-state index contributed by atoms with van der Waals surface area (Å²) in [5, 5.41) is 13.5. The number of aliphatic carboxylic acids is 1. The van der Waals surface area contributed by atoms with Gasteiger partial charge < -0.3 is 9.84 Å². The van der Waals surface area contributed by atoms with E-state index in [1.54, 1.807) is 12.1 Å². The number of carboxylic acid groups (broad SMARTS) is 1. The van der Waals surface area contributed by atoms with E-state index in [9.17, 15) is 23.1 Å². The van der Waals surface area contributed by atoms with Gasteiger partial charge in [-0.3, -0.25) is 4.79 Å². The first kappa shape index (κ1) is 20.1. The summed E-state index contributed by atoms with van der Waals surface area (Å²) in [5.41, 5.74) is -0.611. The van der Waals surface area contributed by atoms with Crippen molar-refractivity contribution >= 4 is 15.8 Å². The maximum Gasteiger partial charge on any atom is 0.328 e. The third-order valence-electron chi connectivity index (χ3n) is 4.89. The Morgan fingerprint density at radius 2 is 2.00 bits per heavy atom. The summed E-state index contributed by atoms with van der Waals surface area (Å²) in [6.45, 7) is 0. The van der Waals surface area contributed by atoms with Gasteiger partial charge in [-0.05, 0) is 24.5 Å². The van der Waals surface area contributed by atoms with Crippen LogP contribution in [0, 0.1) is 5.92 Å². The first-order chi connectivity index (χ1) is 13.3. The monoisotopic (exact) mass is 406 g/mol. The Bertz CT molecular complexity index is 1020. The van der Waals surface area contributed by atoms with Gasteiger partial charge in [0.15, 0.2) is 21.6 Å². The van der Waals surface area contributed by atoms with Crippen LogP contribution in [0.15, 0.2) is 46.2 Å². The van der Waals surface area contributed by atoms with E-state index in [1.807, 2.05) is 0 Å². The number of ether oxygens (including phenoxy) is 1. The van der Waals surface area contributed by atoms with E-state index in [2.05, 4.69) is 5.10 Å². The van der Waals surface area contributed by atoms with E-state index >= 15 is 0 Å². The molecule has 1 N–H and O–H groups in total. The molecule has 1 aromatic heterocycles. The van der Waals surface area contributed by atoms with Crippen LogP contribution >= 0.6 is 0 Å². The Morgan fingerprint density at radius 1 is 1.32 bits per heavy atom. The van der Waals surface area contributed by atoms with Gasteiger partial charge in [-0.25, -0.2) is 17.9 Å². The van der Waals surface area contributed by atoms with Crippen LogP contribution in [0.3, 0.4) is 0 Å². The van der Waals surface area contributed by atoms with Crippen LogP contribution in [0.4, 0.5) is 0 Å². The van der Waals surface area contributed by atoms with Gasteiger partial charge in [0.25, 0.3) is 5.56 Å². The molecular weight excluding hydrogens is 384 g/mol. The second-order valence-corrected chi connectivity index (χ2v) is 9.02. The van der Waals surface area contributed by atoms with Gasteiger partial charge >= 0.3 is 5.97 Å². The molecule has 1 heterocycles. The molecule has 2 aromatic rings. The quantitative estimate of drug-likeness (QED) is 0.751. The van der Waals surface area contributed by atoms with E-state index in [0.717, 1.165) is 42.7 Å². The first-order valence-electron chi connectivity index (χ1n) is 9.04. The minimum absolute atomic E-state index is 0.0103. The molecule has 8 nitrogen and oxygen atoms in total. The van der Waals surface area contributed by atoms with E-state index in [1.165, 1.54) is 18.3 Å². The SMILES string of the molecule is CS(=O)(=O)c1ccccc1Oc1cnn(C(CC2CCCC2)C(=O)O)c(=O)c1. The van der Waals surface area contributed by atoms with E-state index in [0.29, 0.717) is 6.42 Å². The van der Waals surface area contributed by atoms with Crippen molar-refractivity contribution in [1.29, 1.82) is 0 Å². The van der Waals surface area contributed by atoms with Crippen LogP contribution in [0.2, 0.25) is 0 Å². The van der Waals surface area contributed by atoms with Gasteiger partial charge in [-0.1, -0.05) is 37.8 Å². The van der Waals surface area contributed by atoms with Gasteiger partial charge in [0.05, 0.1) is 6.20 Å². The minimum atomic E-state index is -3.52. The predicted molar refractivity (Wildman–Crippen MR) is 101 cm³/mol. The maximum atomic E-state index is 12.5. The van der Waals surface area contributed by atoms with Crippen LogP contribution in [-0.2, 0) is 14.6 Å². The Labute approximate surface area is 162 Å². The van der Waals surface area contributed by atoms with Gasteiger partial charge in [0.1, 0.15) is 10.6 Å². The third-order valence-corrected chi connectivity index (χ3v) is 6.03. The average molecular weight is 406 g/mol. The van der Waals surface area contributed by atoms with Gasteiger partial charge in [-0.15, -0.1) is 0 Å². The Kier molecular flexibility index (Phi) is 5.83. The zero-order chi connectivity index (χ0) is 20.3. The van der Waals surface area contributed by atoms with Crippen molar-refractivity contribution in [3.8, 4) is 11.5 Å². The zero-order valence-electron chi connectivity index (χ0n) is 15.4. The average Bonchev–Trinajstić information content (AvgIpc) is 3.13. The molecule has 9 heteroatoms. The predicted octanol–water partition coefficient (Wildman–Crippen LogP) is 2.65. The number of rotatable bonds is 7. The van der Waals surface area contributed by atoms with Gasteiger partial charge in [0.2, 0.25) is 0 Å². The second-order valence-electron chi connectivity index (χ2n) is 7.04. The Hall–Kier alpha value is -2.68. The molecule has 1 aliphatic rings. The number of para-hydroxylation sites is 1. The van der Waals surface area contributed by atoms with Crippen molar-refractivity contribution in [3.63, 3.8) is 0 Å². The molecule has 1 atom stereocenters. The molecule has 1 aromatic carbocycles. The molecule has 28 heavy (non-hydrogen) atoms. The summed E-state index contributed by atoms with van der Waals surface area (Å²) in [5.74, 6) is -0.711. The molecule has 3 rings (SSSR count). The molecule has 0 amide bonds. The lowest BCUT2D eigenvalue weighted by Gasteiger charge is -2.18. The molecule has 0 spiro atoms.